The summed E-state index contributed by atoms with van der Waals surface area (Å²) in [7, 11) is 0. The molecular weight excluding hydrogens is 252 g/mol. The minimum atomic E-state index is -0.853. The van der Waals surface area contributed by atoms with Crippen molar-refractivity contribution in [1.82, 2.24) is 4.98 Å². The second-order valence-corrected chi connectivity index (χ2v) is 4.52. The normalized spacial score (nSPS) is 10.4. The van der Waals surface area contributed by atoms with E-state index in [1.807, 2.05) is 19.9 Å². The molecule has 0 bridgehead atoms. The molecule has 1 aromatic rings. The Bertz CT molecular complexity index is 470. The highest BCUT2D eigenvalue weighted by molar-refractivity contribution is 5.48. The van der Waals surface area contributed by atoms with Gasteiger partial charge in [-0.1, -0.05) is 13.8 Å². The van der Waals surface area contributed by atoms with Crippen molar-refractivity contribution in [3.8, 4) is 6.07 Å². The molecule has 0 fully saturated rings. The molecule has 0 aliphatic rings. The molecular formula is C12H17F2N5. The van der Waals surface area contributed by atoms with E-state index in [0.717, 1.165) is 6.07 Å². The summed E-state index contributed by atoms with van der Waals surface area (Å²) in [6.45, 7) is 4.77. The highest BCUT2D eigenvalue weighted by Crippen LogP contribution is 2.22. The molecule has 0 amide bonds. The van der Waals surface area contributed by atoms with Crippen LogP contribution in [0.2, 0.25) is 0 Å². The van der Waals surface area contributed by atoms with Crippen LogP contribution in [0.4, 0.5) is 20.4 Å². The summed E-state index contributed by atoms with van der Waals surface area (Å²) in [4.78, 5) is 5.44. The first-order valence-electron chi connectivity index (χ1n) is 5.94. The first-order chi connectivity index (χ1) is 8.99. The average Bonchev–Trinajstić information content (AvgIpc) is 2.34. The number of nitriles is 1. The van der Waals surface area contributed by atoms with Gasteiger partial charge < -0.3 is 10.3 Å². The summed E-state index contributed by atoms with van der Waals surface area (Å²) in [5, 5.41) is 8.63. The Morgan fingerprint density at radius 1 is 1.47 bits per heavy atom. The minimum absolute atomic E-state index is 0.00157. The van der Waals surface area contributed by atoms with E-state index in [1.54, 1.807) is 4.90 Å². The van der Waals surface area contributed by atoms with Crippen LogP contribution in [0.5, 0.6) is 0 Å². The van der Waals surface area contributed by atoms with E-state index in [-0.39, 0.29) is 24.0 Å². The lowest BCUT2D eigenvalue weighted by atomic mass is 10.2. The average molecular weight is 269 g/mol. The summed E-state index contributed by atoms with van der Waals surface area (Å²) < 4.78 is 27.1. The van der Waals surface area contributed by atoms with E-state index in [1.165, 1.54) is 0 Å². The molecule has 3 N–H and O–H groups in total. The fraction of sp³-hybridized carbons (Fsp3) is 0.500. The number of nitrogens with zero attached hydrogens (tertiary/aromatic N) is 3. The lowest BCUT2D eigenvalue weighted by molar-refractivity contribution is 0.554. The molecule has 0 aliphatic carbocycles. The van der Waals surface area contributed by atoms with Crippen LogP contribution in [0.15, 0.2) is 6.07 Å². The van der Waals surface area contributed by atoms with Crippen LogP contribution >= 0.6 is 0 Å². The molecule has 0 radical (unpaired) electrons. The number of hydrogen-bond donors (Lipinski definition) is 2. The Hall–Kier alpha value is -1.94. The number of anilines is 2. The van der Waals surface area contributed by atoms with Gasteiger partial charge >= 0.3 is 0 Å². The number of hydrogen-bond acceptors (Lipinski definition) is 5. The van der Waals surface area contributed by atoms with E-state index in [9.17, 15) is 8.78 Å². The van der Waals surface area contributed by atoms with Crippen LogP contribution in [-0.4, -0.2) is 18.1 Å². The van der Waals surface area contributed by atoms with Crippen LogP contribution in [0.1, 0.15) is 20.3 Å². The van der Waals surface area contributed by atoms with Crippen molar-refractivity contribution < 1.29 is 8.78 Å². The molecule has 1 rings (SSSR count). The fourth-order valence-electron chi connectivity index (χ4n) is 1.69. The Labute approximate surface area is 111 Å². The van der Waals surface area contributed by atoms with Gasteiger partial charge in [-0.2, -0.15) is 5.26 Å². The SMILES string of the molecule is CC(C)CN(CCC#N)c1nc(NN)c(F)cc1F. The maximum atomic E-state index is 13.8. The smallest absolute Gasteiger partial charge is 0.178 e. The molecule has 0 saturated heterocycles. The van der Waals surface area contributed by atoms with Gasteiger partial charge in [0.15, 0.2) is 23.3 Å². The lowest BCUT2D eigenvalue weighted by Gasteiger charge is -2.25. The number of rotatable bonds is 6. The number of halogens is 2. The third kappa shape index (κ3) is 4.03. The number of nitrogen functional groups attached to an aromatic ring is 1. The van der Waals surface area contributed by atoms with Crippen molar-refractivity contribution in [2.75, 3.05) is 23.4 Å². The highest BCUT2D eigenvalue weighted by Gasteiger charge is 2.18. The first kappa shape index (κ1) is 15.1. The first-order valence-corrected chi connectivity index (χ1v) is 5.94. The van der Waals surface area contributed by atoms with Crippen LogP contribution in [0.3, 0.4) is 0 Å². The quantitative estimate of drug-likeness (QED) is 0.610. The zero-order valence-corrected chi connectivity index (χ0v) is 11.0. The van der Waals surface area contributed by atoms with Gasteiger partial charge in [0, 0.05) is 19.2 Å². The molecule has 0 atom stereocenters. The summed E-state index contributed by atoms with van der Waals surface area (Å²) in [5.41, 5.74) is 2.08. The van der Waals surface area contributed by atoms with E-state index < -0.39 is 11.6 Å². The Morgan fingerprint density at radius 3 is 2.68 bits per heavy atom. The van der Waals surface area contributed by atoms with Gasteiger partial charge in [-0.25, -0.2) is 19.6 Å². The van der Waals surface area contributed by atoms with Gasteiger partial charge in [-0.05, 0) is 5.92 Å². The Kier molecular flexibility index (Phi) is 5.45. The molecule has 19 heavy (non-hydrogen) atoms. The molecule has 0 aromatic carbocycles. The number of pyridine rings is 1. The van der Waals surface area contributed by atoms with Crippen molar-refractivity contribution in [2.45, 2.75) is 20.3 Å². The number of aromatic nitrogens is 1. The van der Waals surface area contributed by atoms with Crippen LogP contribution < -0.4 is 16.2 Å². The molecule has 0 unspecified atom stereocenters. The third-order valence-electron chi connectivity index (χ3n) is 2.43. The monoisotopic (exact) mass is 269 g/mol. The Morgan fingerprint density at radius 2 is 2.16 bits per heavy atom. The van der Waals surface area contributed by atoms with Gasteiger partial charge in [0.2, 0.25) is 0 Å². The zero-order chi connectivity index (χ0) is 14.4. The van der Waals surface area contributed by atoms with Crippen molar-refractivity contribution in [1.29, 1.82) is 5.26 Å². The molecule has 0 spiro atoms. The summed E-state index contributed by atoms with van der Waals surface area (Å²) in [6, 6.07) is 2.73. The topological polar surface area (TPSA) is 78.0 Å². The molecule has 104 valence electrons. The van der Waals surface area contributed by atoms with Gasteiger partial charge in [0.25, 0.3) is 0 Å². The fourth-order valence-corrected chi connectivity index (χ4v) is 1.69. The second kappa shape index (κ2) is 6.85. The molecule has 1 aromatic heterocycles. The Balaban J connectivity index is 3.10. The summed E-state index contributed by atoms with van der Waals surface area (Å²) in [6.07, 6.45) is 0.233. The molecule has 0 saturated carbocycles. The number of hydrazine groups is 1. The largest absolute Gasteiger partial charge is 0.353 e. The molecule has 7 heteroatoms. The van der Waals surface area contributed by atoms with E-state index in [0.29, 0.717) is 13.1 Å². The summed E-state index contributed by atoms with van der Waals surface area (Å²) in [5.74, 6) is 3.53. The van der Waals surface area contributed by atoms with Crippen molar-refractivity contribution >= 4 is 11.6 Å². The van der Waals surface area contributed by atoms with Crippen molar-refractivity contribution in [2.24, 2.45) is 11.8 Å². The van der Waals surface area contributed by atoms with Gasteiger partial charge in [0.05, 0.1) is 12.5 Å². The maximum absolute atomic E-state index is 13.8. The zero-order valence-electron chi connectivity index (χ0n) is 11.0. The van der Waals surface area contributed by atoms with Gasteiger partial charge in [-0.3, -0.25) is 0 Å². The molecule has 5 nitrogen and oxygen atoms in total. The number of nitrogens with two attached hydrogens (primary N) is 1. The second-order valence-electron chi connectivity index (χ2n) is 4.52. The molecule has 0 aliphatic heterocycles. The van der Waals surface area contributed by atoms with E-state index >= 15 is 0 Å². The van der Waals surface area contributed by atoms with Crippen molar-refractivity contribution in [3.63, 3.8) is 0 Å². The van der Waals surface area contributed by atoms with Crippen molar-refractivity contribution in [3.05, 3.63) is 17.7 Å². The molecule has 1 heterocycles. The highest BCUT2D eigenvalue weighted by atomic mass is 19.1. The van der Waals surface area contributed by atoms with Gasteiger partial charge in [0.1, 0.15) is 0 Å². The standard InChI is InChI=1S/C12H17F2N5/c1-8(2)7-19(5-3-4-15)12-10(14)6-9(13)11(17-12)18-16/h6,8H,3,5,7,16H2,1-2H3,(H,17,18). The van der Waals surface area contributed by atoms with Crippen LogP contribution in [0, 0.1) is 28.9 Å². The van der Waals surface area contributed by atoms with Crippen LogP contribution in [-0.2, 0) is 0 Å². The number of nitrogens with one attached hydrogen (secondary N) is 1. The maximum Gasteiger partial charge on any atom is 0.178 e. The van der Waals surface area contributed by atoms with E-state index in [4.69, 9.17) is 11.1 Å². The van der Waals surface area contributed by atoms with Gasteiger partial charge in [-0.15, -0.1) is 0 Å². The minimum Gasteiger partial charge on any atom is -0.353 e. The van der Waals surface area contributed by atoms with E-state index in [2.05, 4.69) is 10.4 Å². The third-order valence-corrected chi connectivity index (χ3v) is 2.43. The lowest BCUT2D eigenvalue weighted by Crippen LogP contribution is -2.30. The predicted molar refractivity (Wildman–Crippen MR) is 69.2 cm³/mol. The predicted octanol–water partition coefficient (Wildman–Crippen LogP) is 2.02. The summed E-state index contributed by atoms with van der Waals surface area (Å²) >= 11 is 0. The van der Waals surface area contributed by atoms with Crippen LogP contribution in [0.25, 0.3) is 0 Å².